The van der Waals surface area contributed by atoms with Gasteiger partial charge < -0.3 is 20.0 Å². The van der Waals surface area contributed by atoms with E-state index in [9.17, 15) is 9.59 Å². The van der Waals surface area contributed by atoms with Crippen molar-refractivity contribution in [1.29, 1.82) is 0 Å². The molecule has 0 radical (unpaired) electrons. The third-order valence-electron chi connectivity index (χ3n) is 4.40. The molecule has 3 rings (SSSR count). The van der Waals surface area contributed by atoms with Gasteiger partial charge in [0.05, 0.1) is 6.26 Å². The van der Waals surface area contributed by atoms with Crippen LogP contribution in [0, 0.1) is 0 Å². The monoisotopic (exact) mass is 403 g/mol. The zero-order valence-corrected chi connectivity index (χ0v) is 17.1. The second kappa shape index (κ2) is 10.2. The Morgan fingerprint density at radius 2 is 1.63 bits per heavy atom. The first-order valence-corrected chi connectivity index (χ1v) is 9.64. The largest absolute Gasteiger partial charge is 0.465 e. The number of benzene rings is 2. The quantitative estimate of drug-likeness (QED) is 0.565. The lowest BCUT2D eigenvalue weighted by Gasteiger charge is -2.15. The maximum atomic E-state index is 12.9. The second-order valence-electron chi connectivity index (χ2n) is 7.08. The highest BCUT2D eigenvalue weighted by atomic mass is 16.3. The van der Waals surface area contributed by atoms with Crippen molar-refractivity contribution >= 4 is 17.9 Å². The topological polar surface area (TPSA) is 74.6 Å². The molecule has 0 saturated heterocycles. The summed E-state index contributed by atoms with van der Waals surface area (Å²) in [5.41, 5.74) is 2.73. The Morgan fingerprint density at radius 1 is 0.933 bits per heavy atom. The van der Waals surface area contributed by atoms with Crippen LogP contribution in [0.25, 0.3) is 6.08 Å². The molecule has 0 atom stereocenters. The molecule has 154 valence electrons. The molecule has 0 aliphatic carbocycles. The van der Waals surface area contributed by atoms with Crippen LogP contribution >= 0.6 is 0 Å². The molecule has 0 aliphatic rings. The van der Waals surface area contributed by atoms with Crippen LogP contribution in [0.2, 0.25) is 0 Å². The molecule has 0 spiro atoms. The number of rotatable bonds is 8. The molecule has 0 aliphatic heterocycles. The van der Waals surface area contributed by atoms with Crippen LogP contribution < -0.4 is 10.6 Å². The number of carbonyl (C=O) groups is 2. The van der Waals surface area contributed by atoms with Gasteiger partial charge in [-0.05, 0) is 49.5 Å². The lowest BCUT2D eigenvalue weighted by Crippen LogP contribution is -2.34. The number of hydrogen-bond acceptors (Lipinski definition) is 4. The Bertz CT molecular complexity index is 1010. The van der Waals surface area contributed by atoms with Crippen LogP contribution in [0.4, 0.5) is 0 Å². The van der Waals surface area contributed by atoms with Crippen molar-refractivity contribution in [2.45, 2.75) is 13.1 Å². The number of amides is 2. The predicted octanol–water partition coefficient (Wildman–Crippen LogP) is 3.43. The van der Waals surface area contributed by atoms with Crippen LogP contribution in [0.1, 0.15) is 27.2 Å². The maximum absolute atomic E-state index is 12.9. The van der Waals surface area contributed by atoms with Gasteiger partial charge in [0.25, 0.3) is 11.8 Å². The third kappa shape index (κ3) is 5.93. The van der Waals surface area contributed by atoms with Gasteiger partial charge in [-0.15, -0.1) is 0 Å². The van der Waals surface area contributed by atoms with E-state index in [1.165, 1.54) is 12.3 Å². The van der Waals surface area contributed by atoms with E-state index >= 15 is 0 Å². The summed E-state index contributed by atoms with van der Waals surface area (Å²) in [5, 5.41) is 5.60. The molecular weight excluding hydrogens is 378 g/mol. The molecule has 0 fully saturated rings. The van der Waals surface area contributed by atoms with Crippen molar-refractivity contribution in [3.63, 3.8) is 0 Å². The summed E-state index contributed by atoms with van der Waals surface area (Å²) in [6.45, 7) is 1.12. The average molecular weight is 403 g/mol. The standard InChI is InChI=1S/C24H25N3O3/c1-27(2)17-20-12-7-6-11-19(20)16-25-24(29)22(15-21-13-8-14-30-21)26-23(28)18-9-4-3-5-10-18/h3-15H,16-17H2,1-2H3,(H,25,29)(H,26,28)/b22-15-. The SMILES string of the molecule is CN(C)Cc1ccccc1CNC(=O)/C(=C/c1ccco1)NC(=O)c1ccccc1. The fraction of sp³-hybridized carbons (Fsp3) is 0.167. The Morgan fingerprint density at radius 3 is 2.30 bits per heavy atom. The maximum Gasteiger partial charge on any atom is 0.268 e. The first-order chi connectivity index (χ1) is 14.5. The minimum atomic E-state index is -0.393. The Balaban J connectivity index is 1.76. The zero-order chi connectivity index (χ0) is 21.3. The van der Waals surface area contributed by atoms with Gasteiger partial charge >= 0.3 is 0 Å². The summed E-state index contributed by atoms with van der Waals surface area (Å²) < 4.78 is 5.31. The fourth-order valence-corrected chi connectivity index (χ4v) is 2.95. The van der Waals surface area contributed by atoms with Crippen molar-refractivity contribution in [2.24, 2.45) is 0 Å². The highest BCUT2D eigenvalue weighted by Gasteiger charge is 2.15. The molecule has 2 N–H and O–H groups in total. The molecule has 6 heteroatoms. The summed E-state index contributed by atoms with van der Waals surface area (Å²) in [7, 11) is 4.00. The van der Waals surface area contributed by atoms with E-state index in [4.69, 9.17) is 4.42 Å². The van der Waals surface area contributed by atoms with E-state index in [0.717, 1.165) is 17.7 Å². The molecule has 2 amide bonds. The summed E-state index contributed by atoms with van der Waals surface area (Å²) in [6, 6.07) is 20.1. The van der Waals surface area contributed by atoms with Gasteiger partial charge in [-0.1, -0.05) is 42.5 Å². The van der Waals surface area contributed by atoms with Gasteiger partial charge in [-0.2, -0.15) is 0 Å². The van der Waals surface area contributed by atoms with E-state index in [1.54, 1.807) is 36.4 Å². The predicted molar refractivity (Wildman–Crippen MR) is 116 cm³/mol. The normalized spacial score (nSPS) is 11.4. The van der Waals surface area contributed by atoms with Gasteiger partial charge in [0.15, 0.2) is 0 Å². The lowest BCUT2D eigenvalue weighted by atomic mass is 10.1. The molecule has 1 heterocycles. The van der Waals surface area contributed by atoms with Crippen molar-refractivity contribution in [3.8, 4) is 0 Å². The summed E-state index contributed by atoms with van der Waals surface area (Å²) in [4.78, 5) is 27.5. The van der Waals surface area contributed by atoms with Gasteiger partial charge in [0, 0.05) is 24.7 Å². The van der Waals surface area contributed by atoms with Crippen LogP contribution in [-0.4, -0.2) is 30.8 Å². The molecular formula is C24H25N3O3. The lowest BCUT2D eigenvalue weighted by molar-refractivity contribution is -0.117. The highest BCUT2D eigenvalue weighted by Crippen LogP contribution is 2.12. The Hall–Kier alpha value is -3.64. The highest BCUT2D eigenvalue weighted by molar-refractivity contribution is 6.05. The summed E-state index contributed by atoms with van der Waals surface area (Å²) in [5.74, 6) is -0.284. The van der Waals surface area contributed by atoms with Crippen LogP contribution in [0.5, 0.6) is 0 Å². The Kier molecular flexibility index (Phi) is 7.19. The molecule has 0 saturated carbocycles. The van der Waals surface area contributed by atoms with Gasteiger partial charge in [-0.25, -0.2) is 0 Å². The first kappa shape index (κ1) is 21.1. The van der Waals surface area contributed by atoms with Gasteiger partial charge in [0.1, 0.15) is 11.5 Å². The number of nitrogens with zero attached hydrogens (tertiary/aromatic N) is 1. The number of hydrogen-bond donors (Lipinski definition) is 2. The Labute approximate surface area is 176 Å². The number of furan rings is 1. The minimum absolute atomic E-state index is 0.115. The molecule has 1 aromatic heterocycles. The van der Waals surface area contributed by atoms with Crippen LogP contribution in [0.3, 0.4) is 0 Å². The van der Waals surface area contributed by atoms with E-state index in [0.29, 0.717) is 17.9 Å². The third-order valence-corrected chi connectivity index (χ3v) is 4.40. The molecule has 30 heavy (non-hydrogen) atoms. The minimum Gasteiger partial charge on any atom is -0.465 e. The molecule has 0 bridgehead atoms. The molecule has 0 unspecified atom stereocenters. The summed E-state index contributed by atoms with van der Waals surface area (Å²) >= 11 is 0. The van der Waals surface area contributed by atoms with Gasteiger partial charge in [-0.3, -0.25) is 9.59 Å². The molecule has 3 aromatic rings. The van der Waals surface area contributed by atoms with Crippen molar-refractivity contribution in [2.75, 3.05) is 14.1 Å². The van der Waals surface area contributed by atoms with Crippen molar-refractivity contribution in [1.82, 2.24) is 15.5 Å². The van der Waals surface area contributed by atoms with Gasteiger partial charge in [0.2, 0.25) is 0 Å². The fourth-order valence-electron chi connectivity index (χ4n) is 2.95. The first-order valence-electron chi connectivity index (χ1n) is 9.64. The van der Waals surface area contributed by atoms with E-state index in [1.807, 2.05) is 44.4 Å². The summed E-state index contributed by atoms with van der Waals surface area (Å²) in [6.07, 6.45) is 3.03. The van der Waals surface area contributed by atoms with E-state index in [-0.39, 0.29) is 11.6 Å². The average Bonchev–Trinajstić information content (AvgIpc) is 3.26. The van der Waals surface area contributed by atoms with E-state index in [2.05, 4.69) is 15.5 Å². The zero-order valence-electron chi connectivity index (χ0n) is 17.1. The molecule has 6 nitrogen and oxygen atoms in total. The number of carbonyl (C=O) groups excluding carboxylic acids is 2. The number of nitrogens with one attached hydrogen (secondary N) is 2. The smallest absolute Gasteiger partial charge is 0.268 e. The van der Waals surface area contributed by atoms with E-state index < -0.39 is 5.91 Å². The van der Waals surface area contributed by atoms with Crippen LogP contribution in [-0.2, 0) is 17.9 Å². The van der Waals surface area contributed by atoms with Crippen molar-refractivity contribution < 1.29 is 14.0 Å². The van der Waals surface area contributed by atoms with Crippen molar-refractivity contribution in [3.05, 3.63) is 101 Å². The molecule has 2 aromatic carbocycles. The second-order valence-corrected chi connectivity index (χ2v) is 7.08. The van der Waals surface area contributed by atoms with Crippen LogP contribution in [0.15, 0.2) is 83.1 Å².